The van der Waals surface area contributed by atoms with Crippen LogP contribution in [-0.2, 0) is 16.2 Å². The van der Waals surface area contributed by atoms with Gasteiger partial charge >= 0.3 is 11.8 Å². The van der Waals surface area contributed by atoms with Crippen molar-refractivity contribution in [3.63, 3.8) is 0 Å². The Labute approximate surface area is 212 Å². The predicted octanol–water partition coefficient (Wildman–Crippen LogP) is 5.07. The monoisotopic (exact) mass is 515 g/mol. The molecule has 10 heteroatoms. The number of rotatable bonds is 8. The summed E-state index contributed by atoms with van der Waals surface area (Å²) < 4.78 is 16.4. The van der Waals surface area contributed by atoms with Gasteiger partial charge in [0, 0.05) is 21.2 Å². The summed E-state index contributed by atoms with van der Waals surface area (Å²) in [5, 5.41) is 7.45. The number of anilines is 1. The molecule has 0 radical (unpaired) electrons. The maximum Gasteiger partial charge on any atom is 0.329 e. The number of amides is 2. The fourth-order valence-corrected chi connectivity index (χ4v) is 3.35. The fourth-order valence-electron chi connectivity index (χ4n) is 2.99. The van der Waals surface area contributed by atoms with Gasteiger partial charge in [-0.15, -0.1) is 0 Å². The Morgan fingerprint density at radius 2 is 1.60 bits per heavy atom. The van der Waals surface area contributed by atoms with Crippen molar-refractivity contribution in [2.24, 2.45) is 5.10 Å². The van der Waals surface area contributed by atoms with Gasteiger partial charge in [-0.2, -0.15) is 5.10 Å². The number of benzene rings is 3. The van der Waals surface area contributed by atoms with Gasteiger partial charge in [0.05, 0.1) is 25.6 Å². The van der Waals surface area contributed by atoms with E-state index in [1.807, 2.05) is 18.2 Å². The maximum absolute atomic E-state index is 12.3. The minimum Gasteiger partial charge on any atom is -0.495 e. The van der Waals surface area contributed by atoms with Gasteiger partial charge in [0.15, 0.2) is 11.5 Å². The topological polar surface area (TPSA) is 98.2 Å². The lowest BCUT2D eigenvalue weighted by Gasteiger charge is -2.13. The standard InChI is InChI=1S/C25H23Cl2N3O5/c1-15(29-30-25(32)24(31)28-20-13-18(26)9-11-21(20)33-2)16-8-10-22(23(12-16)34-3)35-14-17-6-4-5-7-19(17)27/h4-13H,14H2,1-3H3,(H,28,31)(H,30,32)/b29-15+. The molecule has 3 aromatic rings. The van der Waals surface area contributed by atoms with Crippen LogP contribution in [0.2, 0.25) is 10.0 Å². The average molecular weight is 516 g/mol. The number of ether oxygens (including phenoxy) is 3. The van der Waals surface area contributed by atoms with E-state index >= 15 is 0 Å². The molecule has 0 aromatic heterocycles. The zero-order valence-electron chi connectivity index (χ0n) is 19.2. The number of hydrogen-bond donors (Lipinski definition) is 2. The molecular formula is C25H23Cl2N3O5. The van der Waals surface area contributed by atoms with E-state index in [2.05, 4.69) is 15.8 Å². The molecule has 0 heterocycles. The SMILES string of the molecule is COc1ccc(Cl)cc1NC(=O)C(=O)N/N=C(\C)c1ccc(OCc2ccccc2Cl)c(OC)c1. The lowest BCUT2D eigenvalue weighted by molar-refractivity contribution is -0.136. The number of nitrogens with zero attached hydrogens (tertiary/aromatic N) is 1. The number of carbonyl (C=O) groups is 2. The molecule has 0 unspecified atom stereocenters. The number of carbonyl (C=O) groups excluding carboxylic acids is 2. The van der Waals surface area contributed by atoms with Crippen LogP contribution in [0.4, 0.5) is 5.69 Å². The van der Waals surface area contributed by atoms with Crippen LogP contribution in [0.1, 0.15) is 18.1 Å². The Hall–Kier alpha value is -3.75. The summed E-state index contributed by atoms with van der Waals surface area (Å²) in [5.41, 5.74) is 4.44. The third-order valence-electron chi connectivity index (χ3n) is 4.86. The Bertz CT molecular complexity index is 1260. The molecule has 0 saturated heterocycles. The fraction of sp³-hybridized carbons (Fsp3) is 0.160. The van der Waals surface area contributed by atoms with Crippen LogP contribution < -0.4 is 25.0 Å². The summed E-state index contributed by atoms with van der Waals surface area (Å²) in [6.45, 7) is 1.95. The average Bonchev–Trinajstić information content (AvgIpc) is 2.86. The van der Waals surface area contributed by atoms with Crippen LogP contribution >= 0.6 is 23.2 Å². The van der Waals surface area contributed by atoms with E-state index in [0.717, 1.165) is 5.56 Å². The van der Waals surface area contributed by atoms with Crippen LogP contribution in [0, 0.1) is 0 Å². The molecule has 0 aliphatic carbocycles. The van der Waals surface area contributed by atoms with Crippen molar-refractivity contribution in [3.8, 4) is 17.2 Å². The van der Waals surface area contributed by atoms with Gasteiger partial charge in [-0.05, 0) is 49.4 Å². The molecule has 0 bridgehead atoms. The zero-order chi connectivity index (χ0) is 25.4. The first-order valence-electron chi connectivity index (χ1n) is 10.4. The molecular weight excluding hydrogens is 493 g/mol. The normalized spacial score (nSPS) is 10.9. The highest BCUT2D eigenvalue weighted by molar-refractivity contribution is 6.40. The summed E-state index contributed by atoms with van der Waals surface area (Å²) in [6, 6.07) is 17.2. The largest absolute Gasteiger partial charge is 0.495 e. The zero-order valence-corrected chi connectivity index (χ0v) is 20.7. The van der Waals surface area contributed by atoms with Crippen molar-refractivity contribution in [2.75, 3.05) is 19.5 Å². The van der Waals surface area contributed by atoms with Crippen molar-refractivity contribution >= 4 is 46.4 Å². The molecule has 2 amide bonds. The number of nitrogens with one attached hydrogen (secondary N) is 2. The van der Waals surface area contributed by atoms with E-state index in [1.54, 1.807) is 43.3 Å². The van der Waals surface area contributed by atoms with Gasteiger partial charge in [-0.25, -0.2) is 5.43 Å². The number of methoxy groups -OCH3 is 2. The van der Waals surface area contributed by atoms with E-state index in [9.17, 15) is 9.59 Å². The summed E-state index contributed by atoms with van der Waals surface area (Å²) >= 11 is 12.1. The summed E-state index contributed by atoms with van der Waals surface area (Å²) in [5.74, 6) is -0.538. The smallest absolute Gasteiger partial charge is 0.329 e. The Balaban J connectivity index is 1.65. The third kappa shape index (κ3) is 6.88. The van der Waals surface area contributed by atoms with Gasteiger partial charge in [0.25, 0.3) is 0 Å². The van der Waals surface area contributed by atoms with Crippen LogP contribution in [0.3, 0.4) is 0 Å². The molecule has 0 aliphatic rings. The number of hydrazone groups is 1. The van der Waals surface area contributed by atoms with Crippen LogP contribution in [0.25, 0.3) is 0 Å². The second-order valence-electron chi connectivity index (χ2n) is 7.18. The first kappa shape index (κ1) is 25.9. The Kier molecular flexibility index (Phi) is 8.94. The second kappa shape index (κ2) is 12.1. The molecule has 8 nitrogen and oxygen atoms in total. The van der Waals surface area contributed by atoms with Gasteiger partial charge in [-0.1, -0.05) is 41.4 Å². The number of halogens is 2. The molecule has 0 spiro atoms. The van der Waals surface area contributed by atoms with Gasteiger partial charge in [-0.3, -0.25) is 9.59 Å². The number of hydrogen-bond acceptors (Lipinski definition) is 6. The molecule has 0 fully saturated rings. The first-order valence-corrected chi connectivity index (χ1v) is 11.1. The van der Waals surface area contributed by atoms with Crippen molar-refractivity contribution in [3.05, 3.63) is 81.8 Å². The van der Waals surface area contributed by atoms with Crippen molar-refractivity contribution in [2.45, 2.75) is 13.5 Å². The Morgan fingerprint density at radius 1 is 0.886 bits per heavy atom. The van der Waals surface area contributed by atoms with Gasteiger partial charge < -0.3 is 19.5 Å². The molecule has 182 valence electrons. The van der Waals surface area contributed by atoms with Crippen LogP contribution in [0.5, 0.6) is 17.2 Å². The predicted molar refractivity (Wildman–Crippen MR) is 136 cm³/mol. The molecule has 0 atom stereocenters. The van der Waals surface area contributed by atoms with E-state index < -0.39 is 11.8 Å². The van der Waals surface area contributed by atoms with Gasteiger partial charge in [0.1, 0.15) is 12.4 Å². The van der Waals surface area contributed by atoms with Crippen LogP contribution in [-0.4, -0.2) is 31.7 Å². The van der Waals surface area contributed by atoms with E-state index in [4.69, 9.17) is 37.4 Å². The quantitative estimate of drug-likeness (QED) is 0.248. The summed E-state index contributed by atoms with van der Waals surface area (Å²) in [4.78, 5) is 24.5. The summed E-state index contributed by atoms with van der Waals surface area (Å²) in [7, 11) is 2.96. The first-order chi connectivity index (χ1) is 16.8. The lowest BCUT2D eigenvalue weighted by atomic mass is 10.1. The van der Waals surface area contributed by atoms with E-state index in [1.165, 1.54) is 20.3 Å². The minimum absolute atomic E-state index is 0.262. The maximum atomic E-state index is 12.3. The molecule has 3 aromatic carbocycles. The molecule has 0 aliphatic heterocycles. The third-order valence-corrected chi connectivity index (χ3v) is 5.47. The van der Waals surface area contributed by atoms with E-state index in [-0.39, 0.29) is 12.3 Å². The van der Waals surface area contributed by atoms with Crippen molar-refractivity contribution < 1.29 is 23.8 Å². The van der Waals surface area contributed by atoms with E-state index in [0.29, 0.717) is 38.6 Å². The van der Waals surface area contributed by atoms with Crippen molar-refractivity contribution in [1.29, 1.82) is 0 Å². The highest BCUT2D eigenvalue weighted by Gasteiger charge is 2.16. The second-order valence-corrected chi connectivity index (χ2v) is 8.03. The Morgan fingerprint density at radius 3 is 2.31 bits per heavy atom. The summed E-state index contributed by atoms with van der Waals surface area (Å²) in [6.07, 6.45) is 0. The molecule has 0 saturated carbocycles. The highest BCUT2D eigenvalue weighted by Crippen LogP contribution is 2.30. The lowest BCUT2D eigenvalue weighted by Crippen LogP contribution is -2.33. The van der Waals surface area contributed by atoms with Crippen LogP contribution in [0.15, 0.2) is 65.8 Å². The molecule has 3 rings (SSSR count). The van der Waals surface area contributed by atoms with Crippen molar-refractivity contribution in [1.82, 2.24) is 5.43 Å². The molecule has 35 heavy (non-hydrogen) atoms. The minimum atomic E-state index is -0.960. The van der Waals surface area contributed by atoms with Gasteiger partial charge in [0.2, 0.25) is 0 Å². The highest BCUT2D eigenvalue weighted by atomic mass is 35.5. The molecule has 2 N–H and O–H groups in total.